The Hall–Kier alpha value is -2.61. The van der Waals surface area contributed by atoms with Crippen LogP contribution in [0.5, 0.6) is 11.5 Å². The molecule has 1 N–H and O–H groups in total. The molecule has 2 aromatic rings. The van der Waals surface area contributed by atoms with Crippen molar-refractivity contribution >= 4 is 5.97 Å². The highest BCUT2D eigenvalue weighted by Gasteiger charge is 2.40. The first-order valence-electron chi connectivity index (χ1n) is 15.9. The lowest BCUT2D eigenvalue weighted by atomic mass is 9.93. The summed E-state index contributed by atoms with van der Waals surface area (Å²) in [7, 11) is 3.33. The van der Waals surface area contributed by atoms with Crippen molar-refractivity contribution in [3.8, 4) is 11.5 Å². The Bertz CT molecular complexity index is 1060. The molecule has 7 heteroatoms. The van der Waals surface area contributed by atoms with Crippen molar-refractivity contribution in [2.75, 3.05) is 20.8 Å². The standard InChI is InChI=1S/C20H30O4.C16H24O3/c1-6-15-11-17(12-18(15)19(21)24-20(2,3)4)23-13-14-7-9-16(22-5)10-8-14;1-3-13-8-16(9-14(13)10-17)19-11-12-4-6-15(18-2)7-5-12/h7-10,15,17-18H,6,11-13H2,1-5H3;4-7,13-14,16-17H,3,8-11H2,1-2H3. The predicted molar refractivity (Wildman–Crippen MR) is 169 cm³/mol. The van der Waals surface area contributed by atoms with Gasteiger partial charge in [-0.25, -0.2) is 0 Å². The maximum Gasteiger partial charge on any atom is 0.309 e. The Kier molecular flexibility index (Phi) is 13.8. The van der Waals surface area contributed by atoms with Crippen LogP contribution in [0.3, 0.4) is 0 Å². The van der Waals surface area contributed by atoms with E-state index in [2.05, 4.69) is 13.8 Å². The number of aliphatic hydroxyl groups excluding tert-OH is 1. The predicted octanol–water partition coefficient (Wildman–Crippen LogP) is 7.37. The van der Waals surface area contributed by atoms with Gasteiger partial charge in [-0.2, -0.15) is 0 Å². The molecule has 240 valence electrons. The van der Waals surface area contributed by atoms with Gasteiger partial charge < -0.3 is 28.8 Å². The molecule has 0 spiro atoms. The highest BCUT2D eigenvalue weighted by atomic mass is 16.6. The lowest BCUT2D eigenvalue weighted by Crippen LogP contribution is -2.30. The quantitative estimate of drug-likeness (QED) is 0.256. The zero-order chi connectivity index (χ0) is 31.4. The molecule has 0 bridgehead atoms. The smallest absolute Gasteiger partial charge is 0.309 e. The number of benzene rings is 2. The van der Waals surface area contributed by atoms with Crippen molar-refractivity contribution in [3.63, 3.8) is 0 Å². The number of methoxy groups -OCH3 is 2. The molecular weight excluding hydrogens is 544 g/mol. The normalized spacial score (nSPS) is 25.1. The number of esters is 1. The summed E-state index contributed by atoms with van der Waals surface area (Å²) in [4.78, 5) is 12.4. The fourth-order valence-corrected chi connectivity index (χ4v) is 6.22. The molecule has 0 aliphatic heterocycles. The Labute approximate surface area is 259 Å². The van der Waals surface area contributed by atoms with Gasteiger partial charge in [-0.1, -0.05) is 51.0 Å². The number of ether oxygens (including phenoxy) is 5. The van der Waals surface area contributed by atoms with E-state index in [1.165, 1.54) is 5.56 Å². The van der Waals surface area contributed by atoms with Crippen LogP contribution in [0, 0.1) is 23.7 Å². The van der Waals surface area contributed by atoms with Crippen LogP contribution in [0.4, 0.5) is 0 Å². The highest BCUT2D eigenvalue weighted by Crippen LogP contribution is 2.38. The first-order chi connectivity index (χ1) is 20.6. The Morgan fingerprint density at radius 1 is 0.721 bits per heavy atom. The van der Waals surface area contributed by atoms with E-state index in [1.54, 1.807) is 14.2 Å². The summed E-state index contributed by atoms with van der Waals surface area (Å²) in [5.41, 5.74) is 1.85. The van der Waals surface area contributed by atoms with Crippen LogP contribution in [-0.2, 0) is 32.2 Å². The second-order valence-corrected chi connectivity index (χ2v) is 12.9. The highest BCUT2D eigenvalue weighted by molar-refractivity contribution is 5.73. The van der Waals surface area contributed by atoms with Crippen molar-refractivity contribution in [3.05, 3.63) is 59.7 Å². The maximum absolute atomic E-state index is 12.4. The van der Waals surface area contributed by atoms with E-state index in [0.29, 0.717) is 43.7 Å². The van der Waals surface area contributed by atoms with Crippen molar-refractivity contribution in [2.45, 2.75) is 104 Å². The zero-order valence-electron chi connectivity index (χ0n) is 27.3. The van der Waals surface area contributed by atoms with Crippen molar-refractivity contribution in [1.29, 1.82) is 0 Å². The minimum atomic E-state index is -0.433. The molecular formula is C36H54O7. The van der Waals surface area contributed by atoms with Gasteiger partial charge in [0.15, 0.2) is 0 Å². The van der Waals surface area contributed by atoms with Gasteiger partial charge in [-0.15, -0.1) is 0 Å². The van der Waals surface area contributed by atoms with Gasteiger partial charge in [0.25, 0.3) is 0 Å². The summed E-state index contributed by atoms with van der Waals surface area (Å²) >= 11 is 0. The Morgan fingerprint density at radius 2 is 1.16 bits per heavy atom. The third kappa shape index (κ3) is 11.1. The average Bonchev–Trinajstić information content (AvgIpc) is 3.62. The molecule has 2 aromatic carbocycles. The number of aliphatic hydroxyl groups is 1. The van der Waals surface area contributed by atoms with E-state index in [9.17, 15) is 9.90 Å². The van der Waals surface area contributed by atoms with Crippen LogP contribution in [-0.4, -0.2) is 49.7 Å². The summed E-state index contributed by atoms with van der Waals surface area (Å²) in [6.07, 6.45) is 6.28. The molecule has 0 amide bonds. The third-order valence-electron chi connectivity index (χ3n) is 8.73. The summed E-state index contributed by atoms with van der Waals surface area (Å²) in [5, 5.41) is 9.36. The number of hydrogen-bond donors (Lipinski definition) is 1. The molecule has 6 atom stereocenters. The van der Waals surface area contributed by atoms with E-state index >= 15 is 0 Å². The van der Waals surface area contributed by atoms with Crippen molar-refractivity contribution in [1.82, 2.24) is 0 Å². The van der Waals surface area contributed by atoms with E-state index < -0.39 is 5.60 Å². The first-order valence-corrected chi connectivity index (χ1v) is 15.9. The van der Waals surface area contributed by atoms with E-state index in [-0.39, 0.29) is 18.0 Å². The molecule has 7 nitrogen and oxygen atoms in total. The fourth-order valence-electron chi connectivity index (χ4n) is 6.22. The molecule has 2 aliphatic carbocycles. The van der Waals surface area contributed by atoms with Gasteiger partial charge in [-0.3, -0.25) is 4.79 Å². The number of carbonyl (C=O) groups excluding carboxylic acids is 1. The van der Waals surface area contributed by atoms with Gasteiger partial charge in [0, 0.05) is 6.61 Å². The van der Waals surface area contributed by atoms with Gasteiger partial charge in [-0.05, 0) is 99.6 Å². The van der Waals surface area contributed by atoms with E-state index in [0.717, 1.165) is 55.6 Å². The van der Waals surface area contributed by atoms with Crippen LogP contribution in [0.2, 0.25) is 0 Å². The van der Waals surface area contributed by atoms with Gasteiger partial charge >= 0.3 is 5.97 Å². The lowest BCUT2D eigenvalue weighted by Gasteiger charge is -2.24. The van der Waals surface area contributed by atoms with Crippen LogP contribution in [0.25, 0.3) is 0 Å². The molecule has 0 saturated heterocycles. The fraction of sp³-hybridized carbons (Fsp3) is 0.639. The summed E-state index contributed by atoms with van der Waals surface area (Å²) in [6, 6.07) is 15.9. The SMILES string of the molecule is CCC1CC(OCc2ccc(OC)cc2)CC1C(=O)OC(C)(C)C.CCC1CC(OCc2ccc(OC)cc2)CC1CO. The lowest BCUT2D eigenvalue weighted by molar-refractivity contribution is -0.161. The molecule has 43 heavy (non-hydrogen) atoms. The van der Waals surface area contributed by atoms with Crippen LogP contribution < -0.4 is 9.47 Å². The average molecular weight is 599 g/mol. The topological polar surface area (TPSA) is 83.5 Å². The van der Waals surface area contributed by atoms with Gasteiger partial charge in [0.2, 0.25) is 0 Å². The second-order valence-electron chi connectivity index (χ2n) is 12.9. The van der Waals surface area contributed by atoms with Crippen molar-refractivity contribution in [2.24, 2.45) is 23.7 Å². The van der Waals surface area contributed by atoms with Gasteiger partial charge in [0.1, 0.15) is 17.1 Å². The van der Waals surface area contributed by atoms with E-state index in [4.69, 9.17) is 23.7 Å². The number of carbonyl (C=O) groups is 1. The summed E-state index contributed by atoms with van der Waals surface area (Å²) < 4.78 is 27.9. The molecule has 2 saturated carbocycles. The molecule has 4 rings (SSSR count). The zero-order valence-corrected chi connectivity index (χ0v) is 27.3. The molecule has 0 aromatic heterocycles. The molecule has 2 fully saturated rings. The molecule has 6 unspecified atom stereocenters. The largest absolute Gasteiger partial charge is 0.497 e. The minimum absolute atomic E-state index is 0.0462. The molecule has 0 heterocycles. The van der Waals surface area contributed by atoms with Crippen LogP contribution in [0.1, 0.15) is 84.3 Å². The number of hydrogen-bond acceptors (Lipinski definition) is 7. The summed E-state index contributed by atoms with van der Waals surface area (Å²) in [6.45, 7) is 11.6. The van der Waals surface area contributed by atoms with E-state index in [1.807, 2.05) is 69.3 Å². The number of rotatable bonds is 12. The third-order valence-corrected chi connectivity index (χ3v) is 8.73. The Balaban J connectivity index is 0.000000242. The minimum Gasteiger partial charge on any atom is -0.497 e. The maximum atomic E-state index is 12.4. The van der Waals surface area contributed by atoms with Crippen LogP contribution in [0.15, 0.2) is 48.5 Å². The van der Waals surface area contributed by atoms with Crippen molar-refractivity contribution < 1.29 is 33.6 Å². The Morgan fingerprint density at radius 3 is 1.56 bits per heavy atom. The summed E-state index contributed by atoms with van der Waals surface area (Å²) in [5.74, 6) is 2.98. The van der Waals surface area contributed by atoms with Crippen LogP contribution >= 0.6 is 0 Å². The second kappa shape index (κ2) is 17.0. The molecule has 0 radical (unpaired) electrons. The monoisotopic (exact) mass is 598 g/mol. The first kappa shape index (κ1) is 34.9. The molecule has 2 aliphatic rings. The van der Waals surface area contributed by atoms with Gasteiger partial charge in [0.05, 0.1) is 45.6 Å².